The monoisotopic (exact) mass is 477 g/mol. The number of hydrogen-bond acceptors (Lipinski definition) is 5. The maximum absolute atomic E-state index is 13.3. The van der Waals surface area contributed by atoms with Crippen LogP contribution in [0.15, 0.2) is 65.6 Å². The predicted molar refractivity (Wildman–Crippen MR) is 119 cm³/mol. The predicted octanol–water partition coefficient (Wildman–Crippen LogP) is 4.97. The number of para-hydroxylation sites is 1. The Morgan fingerprint density at radius 3 is 2.55 bits per heavy atom. The van der Waals surface area contributed by atoms with Crippen LogP contribution in [0.25, 0.3) is 0 Å². The van der Waals surface area contributed by atoms with Crippen LogP contribution in [0, 0.1) is 0 Å². The smallest absolute Gasteiger partial charge is 0.347 e. The summed E-state index contributed by atoms with van der Waals surface area (Å²) in [4.78, 5) is 12.8. The molecule has 0 N–H and O–H groups in total. The number of carbonyl (C=O) groups is 1. The molecule has 0 radical (unpaired) electrons. The van der Waals surface area contributed by atoms with Gasteiger partial charge in [-0.1, -0.05) is 41.4 Å². The van der Waals surface area contributed by atoms with Crippen LogP contribution >= 0.6 is 23.2 Å². The lowest BCUT2D eigenvalue weighted by molar-refractivity contribution is 0.0731. The van der Waals surface area contributed by atoms with Crippen molar-refractivity contribution in [3.63, 3.8) is 0 Å². The van der Waals surface area contributed by atoms with Crippen LogP contribution in [0.4, 0.5) is 5.69 Å². The second-order valence-electron chi connectivity index (χ2n) is 6.78. The minimum Gasteiger partial charge on any atom is -0.496 e. The first-order valence-corrected chi connectivity index (χ1v) is 11.5. The summed E-state index contributed by atoms with van der Waals surface area (Å²) in [6, 6.07) is 15.8. The molecule has 0 atom stereocenters. The van der Waals surface area contributed by atoms with Gasteiger partial charge in [0.2, 0.25) is 0 Å². The van der Waals surface area contributed by atoms with E-state index in [1.54, 1.807) is 18.2 Å². The Labute approximate surface area is 190 Å². The Morgan fingerprint density at radius 2 is 1.77 bits per heavy atom. The second kappa shape index (κ2) is 8.42. The molecular formula is C22H17Cl2NO5S. The van der Waals surface area contributed by atoms with Crippen molar-refractivity contribution in [2.75, 3.05) is 18.0 Å². The summed E-state index contributed by atoms with van der Waals surface area (Å²) in [5.41, 5.74) is 1.54. The number of hydrogen-bond donors (Lipinski definition) is 0. The summed E-state index contributed by atoms with van der Waals surface area (Å²) >= 11 is 12.0. The van der Waals surface area contributed by atoms with E-state index in [-0.39, 0.29) is 27.0 Å². The molecule has 0 amide bonds. The van der Waals surface area contributed by atoms with Gasteiger partial charge in [-0.05, 0) is 48.4 Å². The Kier molecular flexibility index (Phi) is 5.83. The van der Waals surface area contributed by atoms with Crippen molar-refractivity contribution < 1.29 is 22.7 Å². The number of fused-ring (bicyclic) bond motifs is 1. The van der Waals surface area contributed by atoms with E-state index in [0.29, 0.717) is 23.7 Å². The number of anilines is 1. The molecule has 0 bridgehead atoms. The molecule has 1 aliphatic heterocycles. The maximum Gasteiger partial charge on any atom is 0.347 e. The van der Waals surface area contributed by atoms with Crippen molar-refractivity contribution >= 4 is 44.9 Å². The van der Waals surface area contributed by atoms with Crippen LogP contribution in [-0.4, -0.2) is 28.0 Å². The molecule has 6 nitrogen and oxygen atoms in total. The lowest BCUT2D eigenvalue weighted by Gasteiger charge is -2.20. The summed E-state index contributed by atoms with van der Waals surface area (Å²) in [6.07, 6.45) is 0.619. The summed E-state index contributed by atoms with van der Waals surface area (Å²) < 4.78 is 38.6. The van der Waals surface area contributed by atoms with Crippen molar-refractivity contribution in [2.24, 2.45) is 0 Å². The average Bonchev–Trinajstić information content (AvgIpc) is 3.21. The van der Waals surface area contributed by atoms with E-state index in [4.69, 9.17) is 32.7 Å². The minimum atomic E-state index is -3.90. The molecule has 9 heteroatoms. The van der Waals surface area contributed by atoms with Crippen LogP contribution < -0.4 is 13.8 Å². The van der Waals surface area contributed by atoms with Crippen LogP contribution in [0.5, 0.6) is 11.5 Å². The minimum absolute atomic E-state index is 0.0471. The van der Waals surface area contributed by atoms with Crippen molar-refractivity contribution in [3.05, 3.63) is 81.8 Å². The van der Waals surface area contributed by atoms with E-state index in [1.807, 2.05) is 12.1 Å². The fourth-order valence-electron chi connectivity index (χ4n) is 3.40. The lowest BCUT2D eigenvalue weighted by Crippen LogP contribution is -2.29. The van der Waals surface area contributed by atoms with Crippen LogP contribution in [0.2, 0.25) is 10.0 Å². The standard InChI is InChI=1S/C22H17Cl2NO5S/c1-29-20-9-7-16(31(27,28)25-11-10-14-4-2-3-5-19(14)25)13-17(20)22(26)30-21-12-15(23)6-8-18(21)24/h2-9,12-13H,10-11H2,1H3. The molecule has 0 saturated carbocycles. The fraction of sp³-hybridized carbons (Fsp3) is 0.136. The second-order valence-corrected chi connectivity index (χ2v) is 9.49. The molecule has 3 aromatic rings. The highest BCUT2D eigenvalue weighted by molar-refractivity contribution is 7.92. The van der Waals surface area contributed by atoms with Gasteiger partial charge in [0.1, 0.15) is 11.3 Å². The van der Waals surface area contributed by atoms with Gasteiger partial charge in [-0.25, -0.2) is 13.2 Å². The first-order valence-electron chi connectivity index (χ1n) is 9.27. The van der Waals surface area contributed by atoms with Crippen molar-refractivity contribution in [1.29, 1.82) is 0 Å². The molecular weight excluding hydrogens is 461 g/mol. The van der Waals surface area contributed by atoms with Crippen molar-refractivity contribution in [2.45, 2.75) is 11.3 Å². The molecule has 0 aliphatic carbocycles. The molecule has 0 aromatic heterocycles. The van der Waals surface area contributed by atoms with Gasteiger partial charge in [0.25, 0.3) is 10.0 Å². The van der Waals surface area contributed by atoms with Gasteiger partial charge >= 0.3 is 5.97 Å². The van der Waals surface area contributed by atoms with Crippen molar-refractivity contribution in [3.8, 4) is 11.5 Å². The molecule has 1 heterocycles. The third kappa shape index (κ3) is 4.08. The van der Waals surface area contributed by atoms with Gasteiger partial charge in [0.05, 0.1) is 22.7 Å². The number of methoxy groups -OCH3 is 1. The van der Waals surface area contributed by atoms with Gasteiger partial charge in [0, 0.05) is 17.6 Å². The van der Waals surface area contributed by atoms with E-state index in [9.17, 15) is 13.2 Å². The largest absolute Gasteiger partial charge is 0.496 e. The summed E-state index contributed by atoms with van der Waals surface area (Å²) in [5.74, 6) is -0.591. The zero-order valence-corrected chi connectivity index (χ0v) is 18.7. The topological polar surface area (TPSA) is 72.9 Å². The Morgan fingerprint density at radius 1 is 1.00 bits per heavy atom. The molecule has 0 unspecified atom stereocenters. The van der Waals surface area contributed by atoms with E-state index in [0.717, 1.165) is 5.56 Å². The summed E-state index contributed by atoms with van der Waals surface area (Å²) in [6.45, 7) is 0.325. The van der Waals surface area contributed by atoms with E-state index >= 15 is 0 Å². The average molecular weight is 478 g/mol. The number of carbonyl (C=O) groups excluding carboxylic acids is 1. The highest BCUT2D eigenvalue weighted by Gasteiger charge is 2.32. The number of rotatable bonds is 5. The molecule has 0 spiro atoms. The Hall–Kier alpha value is -2.74. The quantitative estimate of drug-likeness (QED) is 0.383. The molecule has 1 aliphatic rings. The normalized spacial score (nSPS) is 13.1. The summed E-state index contributed by atoms with van der Waals surface area (Å²) in [5, 5.41) is 0.525. The van der Waals surface area contributed by atoms with Gasteiger partial charge in [-0.15, -0.1) is 0 Å². The zero-order chi connectivity index (χ0) is 22.2. The number of benzene rings is 3. The molecule has 31 heavy (non-hydrogen) atoms. The first-order chi connectivity index (χ1) is 14.8. The number of sulfonamides is 1. The van der Waals surface area contributed by atoms with Crippen LogP contribution in [0.1, 0.15) is 15.9 Å². The number of halogens is 2. The number of nitrogens with zero attached hydrogens (tertiary/aromatic N) is 1. The lowest BCUT2D eigenvalue weighted by atomic mass is 10.2. The van der Waals surface area contributed by atoms with Gasteiger partial charge in [-0.3, -0.25) is 4.31 Å². The highest BCUT2D eigenvalue weighted by Crippen LogP contribution is 2.35. The highest BCUT2D eigenvalue weighted by atomic mass is 35.5. The zero-order valence-electron chi connectivity index (χ0n) is 16.3. The molecule has 0 saturated heterocycles. The number of esters is 1. The molecule has 160 valence electrons. The van der Waals surface area contributed by atoms with Gasteiger partial charge in [0.15, 0.2) is 5.75 Å². The SMILES string of the molecule is COc1ccc(S(=O)(=O)N2CCc3ccccc32)cc1C(=O)Oc1cc(Cl)ccc1Cl. The molecule has 0 fully saturated rings. The maximum atomic E-state index is 13.3. The van der Waals surface area contributed by atoms with Crippen LogP contribution in [-0.2, 0) is 16.4 Å². The fourth-order valence-corrected chi connectivity index (χ4v) is 5.25. The van der Waals surface area contributed by atoms with E-state index in [2.05, 4.69) is 0 Å². The third-order valence-electron chi connectivity index (χ3n) is 4.92. The van der Waals surface area contributed by atoms with Gasteiger partial charge < -0.3 is 9.47 Å². The summed E-state index contributed by atoms with van der Waals surface area (Å²) in [7, 11) is -2.52. The molecule has 4 rings (SSSR count). The van der Waals surface area contributed by atoms with Crippen molar-refractivity contribution in [1.82, 2.24) is 0 Å². The molecule has 3 aromatic carbocycles. The first kappa shape index (κ1) is 21.5. The van der Waals surface area contributed by atoms with E-state index < -0.39 is 16.0 Å². The van der Waals surface area contributed by atoms with E-state index in [1.165, 1.54) is 41.7 Å². The Balaban J connectivity index is 1.71. The van der Waals surface area contributed by atoms with Gasteiger partial charge in [-0.2, -0.15) is 0 Å². The number of ether oxygens (including phenoxy) is 2. The van der Waals surface area contributed by atoms with Crippen LogP contribution in [0.3, 0.4) is 0 Å². The third-order valence-corrected chi connectivity index (χ3v) is 7.28. The Bertz CT molecular complexity index is 1280.